The summed E-state index contributed by atoms with van der Waals surface area (Å²) in [6.45, 7) is 1.31. The molecule has 3 aromatic rings. The first-order chi connectivity index (χ1) is 15.2. The van der Waals surface area contributed by atoms with Crippen LogP contribution < -0.4 is 5.32 Å². The van der Waals surface area contributed by atoms with Gasteiger partial charge in [0.15, 0.2) is 0 Å². The first kappa shape index (κ1) is 21.4. The Balaban J connectivity index is 1.82. The minimum Gasteiger partial charge on any atom is -0.467 e. The van der Waals surface area contributed by atoms with Crippen LogP contribution in [0.15, 0.2) is 82.4 Å². The number of rotatable bonds is 5. The SMILES string of the molecule is Cc1ccccc1C(=O)N[C@@]1(C(F)(F)F)N=C(c2ccccc2)N(Cc2ccco2)C1=O. The van der Waals surface area contributed by atoms with E-state index < -0.39 is 23.7 Å². The largest absolute Gasteiger partial charge is 0.467 e. The molecule has 0 spiro atoms. The monoisotopic (exact) mass is 441 g/mol. The predicted molar refractivity (Wildman–Crippen MR) is 110 cm³/mol. The van der Waals surface area contributed by atoms with E-state index in [0.717, 1.165) is 4.90 Å². The summed E-state index contributed by atoms with van der Waals surface area (Å²) in [7, 11) is 0. The van der Waals surface area contributed by atoms with Gasteiger partial charge in [-0.1, -0.05) is 48.5 Å². The van der Waals surface area contributed by atoms with Crippen LogP contribution in [0.2, 0.25) is 0 Å². The van der Waals surface area contributed by atoms with Crippen LogP contribution in [0.3, 0.4) is 0 Å². The molecule has 0 bridgehead atoms. The minimum absolute atomic E-state index is 0.0184. The van der Waals surface area contributed by atoms with E-state index in [1.807, 2.05) is 5.32 Å². The number of amides is 2. The van der Waals surface area contributed by atoms with Crippen molar-refractivity contribution in [1.29, 1.82) is 0 Å². The van der Waals surface area contributed by atoms with Crippen LogP contribution in [0.25, 0.3) is 0 Å². The Hall–Kier alpha value is -3.88. The molecule has 2 aromatic carbocycles. The fourth-order valence-electron chi connectivity index (χ4n) is 3.47. The van der Waals surface area contributed by atoms with E-state index in [9.17, 15) is 22.8 Å². The maximum atomic E-state index is 14.4. The lowest BCUT2D eigenvalue weighted by Gasteiger charge is -2.29. The summed E-state index contributed by atoms with van der Waals surface area (Å²) in [4.78, 5) is 30.8. The number of carbonyl (C=O) groups excluding carboxylic acids is 2. The zero-order valence-corrected chi connectivity index (χ0v) is 16.9. The van der Waals surface area contributed by atoms with Crippen LogP contribution in [0, 0.1) is 6.92 Å². The fraction of sp³-hybridized carbons (Fsp3) is 0.174. The highest BCUT2D eigenvalue weighted by Gasteiger charge is 2.67. The molecule has 2 heterocycles. The summed E-state index contributed by atoms with van der Waals surface area (Å²) in [6.07, 6.45) is -3.84. The third kappa shape index (κ3) is 3.66. The van der Waals surface area contributed by atoms with Gasteiger partial charge >= 0.3 is 11.8 Å². The first-order valence-corrected chi connectivity index (χ1v) is 9.67. The van der Waals surface area contributed by atoms with Crippen molar-refractivity contribution in [2.45, 2.75) is 25.3 Å². The average Bonchev–Trinajstić information content (AvgIpc) is 3.37. The summed E-state index contributed by atoms with van der Waals surface area (Å²) in [5.41, 5.74) is -2.69. The quantitative estimate of drug-likeness (QED) is 0.649. The maximum absolute atomic E-state index is 14.4. The van der Waals surface area contributed by atoms with Gasteiger partial charge in [-0.2, -0.15) is 13.2 Å². The third-order valence-corrected chi connectivity index (χ3v) is 5.10. The minimum atomic E-state index is -5.19. The lowest BCUT2D eigenvalue weighted by Crippen LogP contribution is -2.63. The van der Waals surface area contributed by atoms with Crippen LogP contribution in [0.4, 0.5) is 13.2 Å². The molecule has 0 unspecified atom stereocenters. The Morgan fingerprint density at radius 3 is 2.38 bits per heavy atom. The van der Waals surface area contributed by atoms with Gasteiger partial charge in [-0.05, 0) is 30.7 Å². The lowest BCUT2D eigenvalue weighted by molar-refractivity contribution is -0.196. The van der Waals surface area contributed by atoms with Gasteiger partial charge in [-0.15, -0.1) is 0 Å². The Labute approximate surface area is 181 Å². The molecule has 1 aromatic heterocycles. The van der Waals surface area contributed by atoms with Gasteiger partial charge in [-0.3, -0.25) is 14.5 Å². The van der Waals surface area contributed by atoms with E-state index in [4.69, 9.17) is 4.42 Å². The molecule has 164 valence electrons. The smallest absolute Gasteiger partial charge is 0.442 e. The number of nitrogens with zero attached hydrogens (tertiary/aromatic N) is 2. The highest BCUT2D eigenvalue weighted by molar-refractivity contribution is 6.16. The number of benzene rings is 2. The second-order valence-corrected chi connectivity index (χ2v) is 7.25. The van der Waals surface area contributed by atoms with E-state index >= 15 is 0 Å². The Bertz CT molecular complexity index is 1170. The maximum Gasteiger partial charge on any atom is 0.442 e. The molecule has 0 saturated heterocycles. The Morgan fingerprint density at radius 1 is 1.06 bits per heavy atom. The lowest BCUT2D eigenvalue weighted by atomic mass is 10.1. The molecule has 4 rings (SSSR count). The molecule has 0 saturated carbocycles. The van der Waals surface area contributed by atoms with Crippen molar-refractivity contribution < 1.29 is 27.2 Å². The molecular weight excluding hydrogens is 423 g/mol. The highest BCUT2D eigenvalue weighted by Crippen LogP contribution is 2.39. The zero-order valence-electron chi connectivity index (χ0n) is 16.9. The van der Waals surface area contributed by atoms with Gasteiger partial charge < -0.3 is 9.73 Å². The van der Waals surface area contributed by atoms with E-state index in [1.54, 1.807) is 43.3 Å². The van der Waals surface area contributed by atoms with Crippen LogP contribution in [0.5, 0.6) is 0 Å². The number of alkyl halides is 3. The van der Waals surface area contributed by atoms with Crippen LogP contribution >= 0.6 is 0 Å². The number of furan rings is 1. The number of carbonyl (C=O) groups is 2. The number of nitrogens with one attached hydrogen (secondary N) is 1. The molecule has 1 aliphatic rings. The molecular formula is C23H18F3N3O3. The van der Waals surface area contributed by atoms with Crippen molar-refractivity contribution in [3.8, 4) is 0 Å². The van der Waals surface area contributed by atoms with Crippen molar-refractivity contribution in [2.75, 3.05) is 0 Å². The number of halogens is 3. The fourth-order valence-corrected chi connectivity index (χ4v) is 3.47. The predicted octanol–water partition coefficient (Wildman–Crippen LogP) is 4.07. The van der Waals surface area contributed by atoms with Crippen LogP contribution in [-0.2, 0) is 11.3 Å². The van der Waals surface area contributed by atoms with E-state index in [0.29, 0.717) is 11.1 Å². The summed E-state index contributed by atoms with van der Waals surface area (Å²) < 4.78 is 48.4. The van der Waals surface area contributed by atoms with Crippen molar-refractivity contribution in [1.82, 2.24) is 10.2 Å². The molecule has 6 nitrogen and oxygen atoms in total. The summed E-state index contributed by atoms with van der Waals surface area (Å²) in [5.74, 6) is -2.41. The summed E-state index contributed by atoms with van der Waals surface area (Å²) >= 11 is 0. The van der Waals surface area contributed by atoms with E-state index in [-0.39, 0.29) is 23.7 Å². The average molecular weight is 441 g/mol. The van der Waals surface area contributed by atoms with Gasteiger partial charge in [0.1, 0.15) is 11.6 Å². The number of hydrogen-bond acceptors (Lipinski definition) is 4. The second-order valence-electron chi connectivity index (χ2n) is 7.25. The summed E-state index contributed by atoms with van der Waals surface area (Å²) in [6, 6.07) is 17.3. The van der Waals surface area contributed by atoms with Crippen molar-refractivity contribution in [3.63, 3.8) is 0 Å². The van der Waals surface area contributed by atoms with Crippen molar-refractivity contribution in [3.05, 3.63) is 95.4 Å². The molecule has 2 amide bonds. The van der Waals surface area contributed by atoms with Crippen molar-refractivity contribution in [2.24, 2.45) is 4.99 Å². The highest BCUT2D eigenvalue weighted by atomic mass is 19.4. The van der Waals surface area contributed by atoms with Gasteiger partial charge in [-0.25, -0.2) is 4.99 Å². The van der Waals surface area contributed by atoms with Gasteiger partial charge in [0.2, 0.25) is 0 Å². The van der Waals surface area contributed by atoms with E-state index in [1.165, 1.54) is 36.6 Å². The molecule has 0 fully saturated rings. The molecule has 1 aliphatic heterocycles. The van der Waals surface area contributed by atoms with Crippen molar-refractivity contribution >= 4 is 17.6 Å². The Kier molecular flexibility index (Phi) is 5.33. The Morgan fingerprint density at radius 2 is 1.75 bits per heavy atom. The molecule has 1 atom stereocenters. The third-order valence-electron chi connectivity index (χ3n) is 5.10. The summed E-state index contributed by atoms with van der Waals surface area (Å²) in [5, 5.41) is 1.88. The first-order valence-electron chi connectivity index (χ1n) is 9.67. The number of aryl methyl sites for hydroxylation is 1. The number of amidine groups is 1. The van der Waals surface area contributed by atoms with Gasteiger partial charge in [0.25, 0.3) is 11.8 Å². The van der Waals surface area contributed by atoms with Gasteiger partial charge in [0, 0.05) is 11.1 Å². The zero-order chi connectivity index (χ0) is 22.9. The van der Waals surface area contributed by atoms with Crippen LogP contribution in [0.1, 0.15) is 27.2 Å². The van der Waals surface area contributed by atoms with E-state index in [2.05, 4.69) is 4.99 Å². The van der Waals surface area contributed by atoms with Gasteiger partial charge in [0.05, 0.1) is 12.8 Å². The molecule has 0 radical (unpaired) electrons. The topological polar surface area (TPSA) is 74.9 Å². The molecule has 9 heteroatoms. The number of hydrogen-bond donors (Lipinski definition) is 1. The molecule has 1 N–H and O–H groups in total. The second kappa shape index (κ2) is 7.99. The standard InChI is InChI=1S/C23H18F3N3O3/c1-15-8-5-6-12-18(15)20(30)28-22(23(24,25)26)21(31)29(14-17-11-7-13-32-17)19(27-22)16-9-3-2-4-10-16/h2-13H,14H2,1H3,(H,28,30)/t22-/m0/s1. The number of aliphatic imine (C=N–C) groups is 1. The molecule has 32 heavy (non-hydrogen) atoms. The normalized spacial score (nSPS) is 18.6. The van der Waals surface area contributed by atoms with Crippen LogP contribution in [-0.4, -0.2) is 34.4 Å². The molecule has 0 aliphatic carbocycles.